The summed E-state index contributed by atoms with van der Waals surface area (Å²) in [4.78, 5) is 11.8. The Labute approximate surface area is 272 Å². The van der Waals surface area contributed by atoms with Crippen molar-refractivity contribution in [2.75, 3.05) is 0 Å². The smallest absolute Gasteiger partial charge is 0.330 e. The van der Waals surface area contributed by atoms with Crippen LogP contribution in [0.25, 0.3) is 0 Å². The fourth-order valence-corrected chi connectivity index (χ4v) is 6.49. The molecule has 0 saturated carbocycles. The van der Waals surface area contributed by atoms with E-state index in [9.17, 15) is 4.79 Å². The standard InChI is InChI=1S/C41H80O2/c1-4-7-9-11-13-15-17-19-21-23-25-27-29-31-33-35-37-39-40(43-41(42)6-3)38-36-34-32-30-28-26-24-22-20-18-16-14-12-10-8-5-2/h6,40H,3-5,7-39H2,1-2H3. The number of carbonyl (C=O) groups is 1. The van der Waals surface area contributed by atoms with E-state index >= 15 is 0 Å². The molecule has 0 aliphatic heterocycles. The maximum Gasteiger partial charge on any atom is 0.330 e. The third-order valence-electron chi connectivity index (χ3n) is 9.46. The number of hydrogen-bond donors (Lipinski definition) is 0. The van der Waals surface area contributed by atoms with Crippen molar-refractivity contribution in [1.82, 2.24) is 0 Å². The monoisotopic (exact) mass is 605 g/mol. The van der Waals surface area contributed by atoms with Gasteiger partial charge in [-0.2, -0.15) is 0 Å². The highest BCUT2D eigenvalue weighted by molar-refractivity contribution is 5.81. The van der Waals surface area contributed by atoms with E-state index in [1.807, 2.05) is 0 Å². The van der Waals surface area contributed by atoms with Crippen LogP contribution in [0.5, 0.6) is 0 Å². The lowest BCUT2D eigenvalue weighted by Crippen LogP contribution is -2.16. The Morgan fingerprint density at radius 1 is 0.419 bits per heavy atom. The Morgan fingerprint density at radius 2 is 0.628 bits per heavy atom. The van der Waals surface area contributed by atoms with E-state index in [0.29, 0.717) is 0 Å². The van der Waals surface area contributed by atoms with Crippen molar-refractivity contribution in [2.24, 2.45) is 0 Å². The first-order valence-electron chi connectivity index (χ1n) is 20.1. The SMILES string of the molecule is C=CC(=O)OC(CCCCCCCCCCCCCCCCCC)CCCCCCCCCCCCCCCCCCC. The van der Waals surface area contributed by atoms with Crippen LogP contribution in [-0.2, 0) is 9.53 Å². The lowest BCUT2D eigenvalue weighted by molar-refractivity contribution is -0.143. The fraction of sp³-hybridized carbons (Fsp3) is 0.927. The second kappa shape index (κ2) is 37.4. The second-order valence-electron chi connectivity index (χ2n) is 13.8. The molecule has 0 rings (SSSR count). The van der Waals surface area contributed by atoms with Gasteiger partial charge < -0.3 is 4.74 Å². The van der Waals surface area contributed by atoms with Crippen LogP contribution in [0, 0.1) is 0 Å². The molecule has 0 aromatic heterocycles. The summed E-state index contributed by atoms with van der Waals surface area (Å²) in [5.74, 6) is -0.242. The molecule has 0 fully saturated rings. The van der Waals surface area contributed by atoms with Crippen LogP contribution in [0.15, 0.2) is 12.7 Å². The Morgan fingerprint density at radius 3 is 0.837 bits per heavy atom. The molecule has 2 nitrogen and oxygen atoms in total. The zero-order valence-electron chi connectivity index (χ0n) is 29.9. The molecule has 0 spiro atoms. The molecule has 0 aromatic carbocycles. The van der Waals surface area contributed by atoms with E-state index in [1.165, 1.54) is 218 Å². The normalized spacial score (nSPS) is 12.0. The van der Waals surface area contributed by atoms with Crippen molar-refractivity contribution in [3.8, 4) is 0 Å². The number of esters is 1. The zero-order chi connectivity index (χ0) is 31.3. The van der Waals surface area contributed by atoms with Gasteiger partial charge in [-0.3, -0.25) is 0 Å². The van der Waals surface area contributed by atoms with E-state index in [1.54, 1.807) is 0 Å². The van der Waals surface area contributed by atoms with E-state index in [-0.39, 0.29) is 12.1 Å². The summed E-state index contributed by atoms with van der Waals surface area (Å²) in [6.45, 7) is 8.19. The minimum Gasteiger partial charge on any atom is -0.459 e. The minimum absolute atomic E-state index is 0.0912. The van der Waals surface area contributed by atoms with Gasteiger partial charge in [0.2, 0.25) is 0 Å². The fourth-order valence-electron chi connectivity index (χ4n) is 6.49. The van der Waals surface area contributed by atoms with Crippen molar-refractivity contribution in [3.63, 3.8) is 0 Å². The summed E-state index contributed by atoms with van der Waals surface area (Å²) in [5.41, 5.74) is 0. The molecule has 1 atom stereocenters. The molecule has 0 saturated heterocycles. The van der Waals surface area contributed by atoms with Crippen molar-refractivity contribution < 1.29 is 9.53 Å². The zero-order valence-corrected chi connectivity index (χ0v) is 29.9. The van der Waals surface area contributed by atoms with Crippen molar-refractivity contribution in [3.05, 3.63) is 12.7 Å². The van der Waals surface area contributed by atoms with Gasteiger partial charge in [-0.1, -0.05) is 219 Å². The van der Waals surface area contributed by atoms with Gasteiger partial charge in [-0.25, -0.2) is 4.79 Å². The molecular weight excluding hydrogens is 524 g/mol. The number of rotatable bonds is 37. The van der Waals surface area contributed by atoms with Crippen LogP contribution in [0.4, 0.5) is 0 Å². The maximum atomic E-state index is 11.8. The summed E-state index contributed by atoms with van der Waals surface area (Å²) in [7, 11) is 0. The molecule has 0 N–H and O–H groups in total. The van der Waals surface area contributed by atoms with Gasteiger partial charge in [-0.05, 0) is 25.7 Å². The highest BCUT2D eigenvalue weighted by Crippen LogP contribution is 2.19. The minimum atomic E-state index is -0.242. The molecule has 1 unspecified atom stereocenters. The van der Waals surface area contributed by atoms with Gasteiger partial charge >= 0.3 is 5.97 Å². The van der Waals surface area contributed by atoms with Gasteiger partial charge in [0.1, 0.15) is 6.10 Å². The first-order chi connectivity index (χ1) is 21.2. The predicted octanol–water partition coefficient (Wildman–Crippen LogP) is 14.8. The average molecular weight is 605 g/mol. The number of ether oxygens (including phenoxy) is 1. The van der Waals surface area contributed by atoms with Gasteiger partial charge in [0, 0.05) is 6.08 Å². The van der Waals surface area contributed by atoms with Crippen LogP contribution in [0.2, 0.25) is 0 Å². The van der Waals surface area contributed by atoms with Crippen LogP contribution >= 0.6 is 0 Å². The van der Waals surface area contributed by atoms with E-state index < -0.39 is 0 Å². The third-order valence-corrected chi connectivity index (χ3v) is 9.46. The largest absolute Gasteiger partial charge is 0.459 e. The molecular formula is C41H80O2. The first-order valence-corrected chi connectivity index (χ1v) is 20.1. The highest BCUT2D eigenvalue weighted by atomic mass is 16.5. The molecule has 0 radical (unpaired) electrons. The van der Waals surface area contributed by atoms with Crippen LogP contribution in [-0.4, -0.2) is 12.1 Å². The van der Waals surface area contributed by atoms with E-state index in [0.717, 1.165) is 12.8 Å². The van der Waals surface area contributed by atoms with E-state index in [2.05, 4.69) is 20.4 Å². The molecule has 0 aliphatic carbocycles. The second-order valence-corrected chi connectivity index (χ2v) is 13.8. The maximum absolute atomic E-state index is 11.8. The first kappa shape index (κ1) is 42.2. The molecule has 0 amide bonds. The number of carbonyl (C=O) groups excluding carboxylic acids is 1. The Balaban J connectivity index is 3.56. The molecule has 0 heterocycles. The van der Waals surface area contributed by atoms with Gasteiger partial charge in [0.15, 0.2) is 0 Å². The summed E-state index contributed by atoms with van der Waals surface area (Å²) < 4.78 is 5.70. The van der Waals surface area contributed by atoms with Crippen molar-refractivity contribution in [1.29, 1.82) is 0 Å². The van der Waals surface area contributed by atoms with Crippen LogP contribution < -0.4 is 0 Å². The van der Waals surface area contributed by atoms with Gasteiger partial charge in [-0.15, -0.1) is 0 Å². The van der Waals surface area contributed by atoms with Crippen LogP contribution in [0.3, 0.4) is 0 Å². The Kier molecular flexibility index (Phi) is 36.7. The molecule has 0 aromatic rings. The highest BCUT2D eigenvalue weighted by Gasteiger charge is 2.12. The lowest BCUT2D eigenvalue weighted by Gasteiger charge is -2.17. The van der Waals surface area contributed by atoms with Crippen LogP contribution in [0.1, 0.15) is 239 Å². The third kappa shape index (κ3) is 35.6. The summed E-state index contributed by atoms with van der Waals surface area (Å²) in [6, 6.07) is 0. The van der Waals surface area contributed by atoms with E-state index in [4.69, 9.17) is 4.74 Å². The van der Waals surface area contributed by atoms with Gasteiger partial charge in [0.25, 0.3) is 0 Å². The quantitative estimate of drug-likeness (QED) is 0.0400. The number of unbranched alkanes of at least 4 members (excludes halogenated alkanes) is 31. The van der Waals surface area contributed by atoms with Crippen molar-refractivity contribution >= 4 is 5.97 Å². The Bertz CT molecular complexity index is 542. The molecule has 0 aliphatic rings. The average Bonchev–Trinajstić information content (AvgIpc) is 3.02. The lowest BCUT2D eigenvalue weighted by atomic mass is 10.0. The van der Waals surface area contributed by atoms with Crippen molar-refractivity contribution in [2.45, 2.75) is 245 Å². The molecule has 2 heteroatoms. The summed E-state index contributed by atoms with van der Waals surface area (Å²) in [5, 5.41) is 0. The van der Waals surface area contributed by atoms with Gasteiger partial charge in [0.05, 0.1) is 0 Å². The predicted molar refractivity (Wildman–Crippen MR) is 193 cm³/mol. The summed E-state index contributed by atoms with van der Waals surface area (Å²) >= 11 is 0. The molecule has 43 heavy (non-hydrogen) atoms. The number of hydrogen-bond acceptors (Lipinski definition) is 2. The Hall–Kier alpha value is -0.790. The topological polar surface area (TPSA) is 26.3 Å². The summed E-state index contributed by atoms with van der Waals surface area (Å²) in [6.07, 6.45) is 49.5. The molecule has 0 bridgehead atoms. The molecule has 256 valence electrons.